The van der Waals surface area contributed by atoms with E-state index in [9.17, 15) is 9.59 Å². The third-order valence-electron chi connectivity index (χ3n) is 10.2. The van der Waals surface area contributed by atoms with Crippen LogP contribution in [0, 0.1) is 25.2 Å². The zero-order valence-corrected chi connectivity index (χ0v) is 37.3. The van der Waals surface area contributed by atoms with Crippen LogP contribution in [-0.4, -0.2) is 97.4 Å². The number of hydrogen-bond acceptors (Lipinski definition) is 13. The van der Waals surface area contributed by atoms with Gasteiger partial charge in [-0.25, -0.2) is 15.0 Å². The Balaban J connectivity index is 0.858. The lowest BCUT2D eigenvalue weighted by molar-refractivity contribution is -0.120. The van der Waals surface area contributed by atoms with Crippen molar-refractivity contribution in [2.24, 2.45) is 0 Å². The molecule has 1 atom stereocenters. The monoisotopic (exact) mass is 873 g/mol. The van der Waals surface area contributed by atoms with E-state index < -0.39 is 0 Å². The van der Waals surface area contributed by atoms with E-state index in [2.05, 4.69) is 42.6 Å². The molecule has 1 aliphatic rings. The van der Waals surface area contributed by atoms with Gasteiger partial charge in [0.15, 0.2) is 5.13 Å². The third-order valence-corrected chi connectivity index (χ3v) is 11.4. The van der Waals surface area contributed by atoms with Gasteiger partial charge < -0.3 is 35.1 Å². The van der Waals surface area contributed by atoms with Gasteiger partial charge in [-0.1, -0.05) is 73.4 Å². The number of carbonyl (C=O) groups is 2. The van der Waals surface area contributed by atoms with Gasteiger partial charge in [0.25, 0.3) is 5.91 Å². The van der Waals surface area contributed by atoms with E-state index in [4.69, 9.17) is 36.1 Å². The van der Waals surface area contributed by atoms with Crippen LogP contribution in [0.5, 0.6) is 5.75 Å². The summed E-state index contributed by atoms with van der Waals surface area (Å²) in [6.45, 7) is 14.1. The average molecular weight is 875 g/mol. The zero-order chi connectivity index (χ0) is 43.2. The number of amides is 2. The van der Waals surface area contributed by atoms with E-state index in [1.807, 2.05) is 62.4 Å². The standard InChI is InChI=1S/C45H60ClN9O5S/c1-4-12-38(51-42(56)19-20-47)35-15-17-36(18-16-35)60-30-11-29-59-27-8-6-5-7-26-58-28-10-21-54-22-24-55(25-23-54)41-31-40(49-34(3)50-41)52-45-48-32-39(61-45)44(57)53-43-33(2)13-9-14-37(43)46/h9,13-18,31-32,38H,4-8,10-12,19,21-30H2,1-3H3,(H,51,56)(H,53,57)(H,48,49,50,52). The fourth-order valence-electron chi connectivity index (χ4n) is 6.92. The zero-order valence-electron chi connectivity index (χ0n) is 35.7. The molecular weight excluding hydrogens is 814 g/mol. The van der Waals surface area contributed by atoms with Gasteiger partial charge >= 0.3 is 0 Å². The lowest BCUT2D eigenvalue weighted by Crippen LogP contribution is -2.47. The molecule has 3 heterocycles. The number of aromatic nitrogens is 3. The molecule has 328 valence electrons. The summed E-state index contributed by atoms with van der Waals surface area (Å²) in [4.78, 5) is 43.7. The molecule has 5 rings (SSSR count). The van der Waals surface area contributed by atoms with E-state index in [1.165, 1.54) is 11.3 Å². The quantitative estimate of drug-likeness (QED) is 0.0515. The largest absolute Gasteiger partial charge is 0.494 e. The second kappa shape index (κ2) is 25.8. The molecule has 2 aromatic carbocycles. The van der Waals surface area contributed by atoms with Crippen molar-refractivity contribution in [1.82, 2.24) is 25.2 Å². The van der Waals surface area contributed by atoms with Crippen molar-refractivity contribution in [2.75, 3.05) is 81.3 Å². The van der Waals surface area contributed by atoms with E-state index in [0.29, 0.717) is 45.6 Å². The molecule has 61 heavy (non-hydrogen) atoms. The number of aryl methyl sites for hydroxylation is 2. The van der Waals surface area contributed by atoms with E-state index >= 15 is 0 Å². The molecule has 14 nitrogen and oxygen atoms in total. The Morgan fingerprint density at radius 1 is 0.918 bits per heavy atom. The van der Waals surface area contributed by atoms with Gasteiger partial charge in [-0.15, -0.1) is 0 Å². The molecule has 16 heteroatoms. The molecule has 0 radical (unpaired) electrons. The Hall–Kier alpha value is -4.85. The fourth-order valence-corrected chi connectivity index (χ4v) is 7.91. The number of anilines is 4. The number of thiazole rings is 1. The van der Waals surface area contributed by atoms with Crippen molar-refractivity contribution >= 4 is 57.2 Å². The summed E-state index contributed by atoms with van der Waals surface area (Å²) in [6, 6.07) is 17.0. The number of rotatable bonds is 26. The Bertz CT molecular complexity index is 1980. The van der Waals surface area contributed by atoms with Crippen molar-refractivity contribution in [3.8, 4) is 11.8 Å². The molecule has 0 saturated carbocycles. The molecule has 3 N–H and O–H groups in total. The number of piperazine rings is 1. The second-order valence-corrected chi connectivity index (χ2v) is 16.5. The lowest BCUT2D eigenvalue weighted by Gasteiger charge is -2.35. The van der Waals surface area contributed by atoms with Crippen LogP contribution in [0.15, 0.2) is 54.7 Å². The smallest absolute Gasteiger partial charge is 0.267 e. The van der Waals surface area contributed by atoms with E-state index in [1.54, 1.807) is 12.3 Å². The Morgan fingerprint density at radius 3 is 2.34 bits per heavy atom. The minimum absolute atomic E-state index is 0.0996. The normalized spacial score (nSPS) is 13.4. The molecule has 0 bridgehead atoms. The number of unbranched alkanes of at least 4 members (excludes halogenated alkanes) is 3. The highest BCUT2D eigenvalue weighted by Gasteiger charge is 2.20. The number of nitriles is 1. The third kappa shape index (κ3) is 16.2. The average Bonchev–Trinajstić information content (AvgIpc) is 3.72. The van der Waals surface area contributed by atoms with Crippen LogP contribution in [0.2, 0.25) is 5.02 Å². The van der Waals surface area contributed by atoms with E-state index in [0.717, 1.165) is 127 Å². The number of ether oxygens (including phenoxy) is 3. The predicted octanol–water partition coefficient (Wildman–Crippen LogP) is 8.65. The summed E-state index contributed by atoms with van der Waals surface area (Å²) in [6.07, 6.45) is 9.37. The maximum Gasteiger partial charge on any atom is 0.267 e. The Labute approximate surface area is 369 Å². The Kier molecular flexibility index (Phi) is 20.0. The van der Waals surface area contributed by atoms with Crippen molar-refractivity contribution in [3.63, 3.8) is 0 Å². The summed E-state index contributed by atoms with van der Waals surface area (Å²) in [7, 11) is 0. The molecule has 0 spiro atoms. The maximum absolute atomic E-state index is 12.9. The lowest BCUT2D eigenvalue weighted by atomic mass is 10.0. The number of hydrogen-bond donors (Lipinski definition) is 3. The first-order valence-corrected chi connectivity index (χ1v) is 22.6. The topological polar surface area (TPSA) is 167 Å². The van der Waals surface area contributed by atoms with Gasteiger partial charge in [-0.2, -0.15) is 5.26 Å². The van der Waals surface area contributed by atoms with E-state index in [-0.39, 0.29) is 24.3 Å². The summed E-state index contributed by atoms with van der Waals surface area (Å²) in [5.74, 6) is 2.45. The number of para-hydroxylation sites is 1. The first-order valence-electron chi connectivity index (χ1n) is 21.4. The first kappa shape index (κ1) is 47.2. The highest BCUT2D eigenvalue weighted by Crippen LogP contribution is 2.29. The van der Waals surface area contributed by atoms with Crippen molar-refractivity contribution < 1.29 is 23.8 Å². The van der Waals surface area contributed by atoms with Crippen molar-refractivity contribution in [1.29, 1.82) is 5.26 Å². The molecule has 4 aromatic rings. The van der Waals surface area contributed by atoms with Gasteiger partial charge in [-0.3, -0.25) is 14.5 Å². The summed E-state index contributed by atoms with van der Waals surface area (Å²) in [5.41, 5.74) is 2.50. The fraction of sp³-hybridized carbons (Fsp3) is 0.511. The van der Waals surface area contributed by atoms with Gasteiger partial charge in [-0.05, 0) is 68.9 Å². The van der Waals surface area contributed by atoms with Gasteiger partial charge in [0.05, 0.1) is 35.6 Å². The molecule has 1 fully saturated rings. The molecule has 0 aliphatic carbocycles. The SMILES string of the molecule is CCCC(NC(=O)CC#N)c1ccc(OCCCOCCCCCCOCCCN2CCN(c3cc(Nc4ncc(C(=O)Nc5c(C)cccc5Cl)s4)nc(C)n3)CC2)cc1. The summed E-state index contributed by atoms with van der Waals surface area (Å²) >= 11 is 7.55. The van der Waals surface area contributed by atoms with Crippen LogP contribution >= 0.6 is 22.9 Å². The summed E-state index contributed by atoms with van der Waals surface area (Å²) in [5, 5.41) is 18.9. The molecule has 1 saturated heterocycles. The molecule has 2 amide bonds. The molecule has 2 aromatic heterocycles. The predicted molar refractivity (Wildman–Crippen MR) is 242 cm³/mol. The number of carbonyl (C=O) groups excluding carboxylic acids is 2. The minimum atomic E-state index is -0.266. The number of nitrogens with one attached hydrogen (secondary N) is 3. The molecule has 1 aliphatic heterocycles. The first-order chi connectivity index (χ1) is 29.7. The highest BCUT2D eigenvalue weighted by molar-refractivity contribution is 7.17. The summed E-state index contributed by atoms with van der Waals surface area (Å²) < 4.78 is 17.6. The minimum Gasteiger partial charge on any atom is -0.494 e. The van der Waals surface area contributed by atoms with Crippen LogP contribution in [0.3, 0.4) is 0 Å². The second-order valence-electron chi connectivity index (χ2n) is 15.0. The van der Waals surface area contributed by atoms with Gasteiger partial charge in [0.2, 0.25) is 5.91 Å². The maximum atomic E-state index is 12.9. The van der Waals surface area contributed by atoms with Gasteiger partial charge in [0.1, 0.15) is 34.5 Å². The Morgan fingerprint density at radius 2 is 1.64 bits per heavy atom. The molecule has 1 unspecified atom stereocenters. The van der Waals surface area contributed by atoms with Crippen LogP contribution in [0.1, 0.15) is 97.4 Å². The number of halogens is 1. The number of nitrogens with zero attached hydrogens (tertiary/aromatic N) is 6. The molecular formula is C45H60ClN9O5S. The van der Waals surface area contributed by atoms with Crippen LogP contribution < -0.4 is 25.6 Å². The van der Waals surface area contributed by atoms with Crippen LogP contribution in [0.25, 0.3) is 0 Å². The van der Waals surface area contributed by atoms with Crippen molar-refractivity contribution in [3.05, 3.63) is 81.6 Å². The highest BCUT2D eigenvalue weighted by atomic mass is 35.5. The van der Waals surface area contributed by atoms with Crippen LogP contribution in [0.4, 0.5) is 22.5 Å². The van der Waals surface area contributed by atoms with Crippen molar-refractivity contribution in [2.45, 2.75) is 84.6 Å². The van der Waals surface area contributed by atoms with Gasteiger partial charge in [0, 0.05) is 71.6 Å². The van der Waals surface area contributed by atoms with Crippen LogP contribution in [-0.2, 0) is 14.3 Å². The number of benzene rings is 2.